The van der Waals surface area contributed by atoms with Crippen molar-refractivity contribution in [3.63, 3.8) is 0 Å². The highest BCUT2D eigenvalue weighted by atomic mass is 16.6. The third kappa shape index (κ3) is 2.11. The normalized spacial score (nSPS) is 19.5. The Morgan fingerprint density at radius 3 is 3.00 bits per heavy atom. The number of carbonyl (C=O) groups is 1. The van der Waals surface area contributed by atoms with Crippen LogP contribution in [0.2, 0.25) is 0 Å². The first-order valence-corrected chi connectivity index (χ1v) is 4.30. The lowest BCUT2D eigenvalue weighted by Crippen LogP contribution is -2.35. The quantitative estimate of drug-likeness (QED) is 0.641. The Kier molecular flexibility index (Phi) is 3.34. The second-order valence-corrected chi connectivity index (χ2v) is 2.78. The van der Waals surface area contributed by atoms with Gasteiger partial charge in [0.05, 0.1) is 6.54 Å². The van der Waals surface area contributed by atoms with Crippen LogP contribution in [0.5, 0.6) is 0 Å². The molecule has 0 aromatic carbocycles. The highest BCUT2D eigenvalue weighted by Crippen LogP contribution is 2.09. The Labute approximate surface area is 72.4 Å². The summed E-state index contributed by atoms with van der Waals surface area (Å²) in [5.41, 5.74) is 0. The van der Waals surface area contributed by atoms with E-state index in [2.05, 4.69) is 0 Å². The van der Waals surface area contributed by atoms with Gasteiger partial charge in [0.15, 0.2) is 0 Å². The van der Waals surface area contributed by atoms with E-state index >= 15 is 0 Å². The fourth-order valence-electron chi connectivity index (χ4n) is 1.11. The minimum atomic E-state index is -0.265. The third-order valence-electron chi connectivity index (χ3n) is 1.79. The summed E-state index contributed by atoms with van der Waals surface area (Å²) in [5.74, 6) is 0. The van der Waals surface area contributed by atoms with Gasteiger partial charge in [-0.05, 0) is 13.3 Å². The SMILES string of the molecule is CCCOC(C)N1CCOC1=O. The van der Waals surface area contributed by atoms with Crippen molar-refractivity contribution in [2.75, 3.05) is 19.8 Å². The average Bonchev–Trinajstić information content (AvgIpc) is 2.47. The summed E-state index contributed by atoms with van der Waals surface area (Å²) >= 11 is 0. The summed E-state index contributed by atoms with van der Waals surface area (Å²) in [6.07, 6.45) is 0.547. The van der Waals surface area contributed by atoms with Gasteiger partial charge in [0, 0.05) is 6.61 Å². The largest absolute Gasteiger partial charge is 0.447 e. The predicted molar refractivity (Wildman–Crippen MR) is 43.8 cm³/mol. The van der Waals surface area contributed by atoms with E-state index in [0.717, 1.165) is 6.42 Å². The van der Waals surface area contributed by atoms with E-state index in [0.29, 0.717) is 19.8 Å². The number of amides is 1. The highest BCUT2D eigenvalue weighted by Gasteiger charge is 2.26. The monoisotopic (exact) mass is 173 g/mol. The number of rotatable bonds is 4. The van der Waals surface area contributed by atoms with E-state index in [1.54, 1.807) is 4.90 Å². The van der Waals surface area contributed by atoms with Crippen LogP contribution in [0.15, 0.2) is 0 Å². The fraction of sp³-hybridized carbons (Fsp3) is 0.875. The van der Waals surface area contributed by atoms with Gasteiger partial charge in [0.1, 0.15) is 12.8 Å². The van der Waals surface area contributed by atoms with E-state index in [9.17, 15) is 4.79 Å². The fourth-order valence-corrected chi connectivity index (χ4v) is 1.11. The van der Waals surface area contributed by atoms with E-state index < -0.39 is 0 Å². The first kappa shape index (κ1) is 9.32. The molecular formula is C8H15NO3. The van der Waals surface area contributed by atoms with Crippen LogP contribution in [0.25, 0.3) is 0 Å². The van der Waals surface area contributed by atoms with Crippen molar-refractivity contribution in [2.45, 2.75) is 26.5 Å². The molecule has 0 bridgehead atoms. The molecule has 1 fully saturated rings. The highest BCUT2D eigenvalue weighted by molar-refractivity contribution is 5.69. The van der Waals surface area contributed by atoms with Gasteiger partial charge in [-0.1, -0.05) is 6.92 Å². The molecule has 1 unspecified atom stereocenters. The summed E-state index contributed by atoms with van der Waals surface area (Å²) in [5, 5.41) is 0. The molecule has 0 aromatic rings. The number of ether oxygens (including phenoxy) is 2. The summed E-state index contributed by atoms with van der Waals surface area (Å²) < 4.78 is 10.1. The molecule has 1 aliphatic rings. The maximum Gasteiger partial charge on any atom is 0.412 e. The van der Waals surface area contributed by atoms with Crippen molar-refractivity contribution in [2.24, 2.45) is 0 Å². The first-order valence-electron chi connectivity index (χ1n) is 4.30. The number of carbonyl (C=O) groups excluding carboxylic acids is 1. The zero-order valence-electron chi connectivity index (χ0n) is 7.58. The molecule has 1 atom stereocenters. The Morgan fingerprint density at radius 1 is 1.75 bits per heavy atom. The molecule has 0 N–H and O–H groups in total. The summed E-state index contributed by atoms with van der Waals surface area (Å²) in [6.45, 7) is 5.71. The van der Waals surface area contributed by atoms with E-state index in [1.807, 2.05) is 13.8 Å². The Morgan fingerprint density at radius 2 is 2.50 bits per heavy atom. The maximum atomic E-state index is 11.0. The van der Waals surface area contributed by atoms with Crippen LogP contribution < -0.4 is 0 Å². The van der Waals surface area contributed by atoms with Gasteiger partial charge < -0.3 is 9.47 Å². The number of nitrogens with zero attached hydrogens (tertiary/aromatic N) is 1. The van der Waals surface area contributed by atoms with Crippen molar-refractivity contribution in [1.29, 1.82) is 0 Å². The molecule has 1 saturated heterocycles. The molecule has 1 aliphatic heterocycles. The molecule has 1 amide bonds. The van der Waals surface area contributed by atoms with E-state index in [1.165, 1.54) is 0 Å². The molecule has 0 aromatic heterocycles. The van der Waals surface area contributed by atoms with Crippen molar-refractivity contribution in [3.8, 4) is 0 Å². The molecular weight excluding hydrogens is 158 g/mol. The Bertz CT molecular complexity index is 160. The van der Waals surface area contributed by atoms with Crippen molar-refractivity contribution in [1.82, 2.24) is 4.90 Å². The zero-order valence-corrected chi connectivity index (χ0v) is 7.58. The zero-order chi connectivity index (χ0) is 8.97. The van der Waals surface area contributed by atoms with E-state index in [4.69, 9.17) is 9.47 Å². The van der Waals surface area contributed by atoms with Gasteiger partial charge in [-0.15, -0.1) is 0 Å². The molecule has 4 heteroatoms. The Hall–Kier alpha value is -0.770. The van der Waals surface area contributed by atoms with Crippen LogP contribution >= 0.6 is 0 Å². The minimum absolute atomic E-state index is 0.153. The van der Waals surface area contributed by atoms with Gasteiger partial charge in [-0.3, -0.25) is 4.90 Å². The minimum Gasteiger partial charge on any atom is -0.447 e. The van der Waals surface area contributed by atoms with Crippen LogP contribution in [0.4, 0.5) is 4.79 Å². The molecule has 1 heterocycles. The van der Waals surface area contributed by atoms with Crippen LogP contribution in [0.3, 0.4) is 0 Å². The van der Waals surface area contributed by atoms with Crippen molar-refractivity contribution >= 4 is 6.09 Å². The molecule has 1 rings (SSSR count). The Balaban J connectivity index is 2.30. The van der Waals surface area contributed by atoms with Crippen LogP contribution in [0.1, 0.15) is 20.3 Å². The van der Waals surface area contributed by atoms with Gasteiger partial charge in [-0.2, -0.15) is 0 Å². The molecule has 0 saturated carbocycles. The third-order valence-corrected chi connectivity index (χ3v) is 1.79. The lowest BCUT2D eigenvalue weighted by atomic mass is 10.5. The second-order valence-electron chi connectivity index (χ2n) is 2.78. The molecule has 4 nitrogen and oxygen atoms in total. The smallest absolute Gasteiger partial charge is 0.412 e. The van der Waals surface area contributed by atoms with Crippen molar-refractivity contribution < 1.29 is 14.3 Å². The number of hydrogen-bond acceptors (Lipinski definition) is 3. The van der Waals surface area contributed by atoms with Gasteiger partial charge in [0.25, 0.3) is 0 Å². The molecule has 0 aliphatic carbocycles. The number of cyclic esters (lactones) is 1. The van der Waals surface area contributed by atoms with Gasteiger partial charge in [-0.25, -0.2) is 4.79 Å². The summed E-state index contributed by atoms with van der Waals surface area (Å²) in [6, 6.07) is 0. The molecule has 70 valence electrons. The maximum absolute atomic E-state index is 11.0. The van der Waals surface area contributed by atoms with Crippen LogP contribution in [0, 0.1) is 0 Å². The summed E-state index contributed by atoms with van der Waals surface area (Å²) in [7, 11) is 0. The summed E-state index contributed by atoms with van der Waals surface area (Å²) in [4.78, 5) is 12.6. The molecule has 0 spiro atoms. The first-order chi connectivity index (χ1) is 5.75. The average molecular weight is 173 g/mol. The van der Waals surface area contributed by atoms with Gasteiger partial charge >= 0.3 is 6.09 Å². The predicted octanol–water partition coefficient (Wildman–Crippen LogP) is 1.21. The van der Waals surface area contributed by atoms with Crippen molar-refractivity contribution in [3.05, 3.63) is 0 Å². The molecule has 0 radical (unpaired) electrons. The number of hydrogen-bond donors (Lipinski definition) is 0. The van der Waals surface area contributed by atoms with Gasteiger partial charge in [0.2, 0.25) is 0 Å². The lowest BCUT2D eigenvalue weighted by Gasteiger charge is -2.21. The lowest BCUT2D eigenvalue weighted by molar-refractivity contribution is -0.0197. The van der Waals surface area contributed by atoms with Crippen LogP contribution in [-0.2, 0) is 9.47 Å². The van der Waals surface area contributed by atoms with E-state index in [-0.39, 0.29) is 12.3 Å². The standard InChI is InChI=1S/C8H15NO3/c1-3-5-11-7(2)9-4-6-12-8(9)10/h7H,3-6H2,1-2H3. The topological polar surface area (TPSA) is 38.8 Å². The van der Waals surface area contributed by atoms with Crippen LogP contribution in [-0.4, -0.2) is 37.0 Å². The second kappa shape index (κ2) is 4.30. The molecule has 12 heavy (non-hydrogen) atoms.